The van der Waals surface area contributed by atoms with Crippen molar-refractivity contribution in [3.63, 3.8) is 0 Å². The molecule has 0 aliphatic rings. The number of benzene rings is 2. The van der Waals surface area contributed by atoms with Gasteiger partial charge in [-0.05, 0) is 56.3 Å². The monoisotopic (exact) mass is 372 g/mol. The molecule has 0 spiro atoms. The van der Waals surface area contributed by atoms with Crippen LogP contribution < -0.4 is 10.2 Å². The average Bonchev–Trinajstić information content (AvgIpc) is 2.63. The molecule has 0 amide bonds. The Hall–Kier alpha value is -2.79. The van der Waals surface area contributed by atoms with E-state index in [-0.39, 0.29) is 12.0 Å². The Labute approximate surface area is 155 Å². The lowest BCUT2D eigenvalue weighted by molar-refractivity contribution is -0.150. The summed E-state index contributed by atoms with van der Waals surface area (Å²) in [6, 6.07) is 13.3. The van der Waals surface area contributed by atoms with Gasteiger partial charge in [0, 0.05) is 16.7 Å². The minimum absolute atomic E-state index is 0.203. The van der Waals surface area contributed by atoms with Gasteiger partial charge in [0.2, 0.25) is 0 Å². The van der Waals surface area contributed by atoms with Crippen LogP contribution in [0.25, 0.3) is 22.3 Å². The standard InChI is InChI=1S/C20H17ClO5/c1-3-24-20(23)12(2)25-15-8-9-18-16(10-15)17(22)11-19(26-18)13-4-6-14(21)7-5-13/h4-12H,3H2,1-2H3/t12-/m1/s1. The largest absolute Gasteiger partial charge is 0.479 e. The highest BCUT2D eigenvalue weighted by Gasteiger charge is 2.16. The SMILES string of the molecule is CCOC(=O)[C@@H](C)Oc1ccc2oc(-c3ccc(Cl)cc3)cc(=O)c2c1. The van der Waals surface area contributed by atoms with E-state index in [4.69, 9.17) is 25.5 Å². The quantitative estimate of drug-likeness (QED) is 0.619. The van der Waals surface area contributed by atoms with Crippen LogP contribution >= 0.6 is 11.6 Å². The molecule has 2 aromatic carbocycles. The van der Waals surface area contributed by atoms with E-state index in [2.05, 4.69) is 0 Å². The Bertz CT molecular complexity index is 991. The molecule has 3 rings (SSSR count). The summed E-state index contributed by atoms with van der Waals surface area (Å²) in [6.07, 6.45) is -0.771. The van der Waals surface area contributed by atoms with Crippen molar-refractivity contribution in [2.75, 3.05) is 6.61 Å². The Kier molecular flexibility index (Phi) is 5.28. The molecule has 0 N–H and O–H groups in total. The molecular formula is C20H17ClO5. The highest BCUT2D eigenvalue weighted by atomic mass is 35.5. The van der Waals surface area contributed by atoms with Crippen molar-refractivity contribution in [3.8, 4) is 17.1 Å². The van der Waals surface area contributed by atoms with Crippen LogP contribution in [0.15, 0.2) is 57.7 Å². The van der Waals surface area contributed by atoms with Gasteiger partial charge in [0.25, 0.3) is 0 Å². The summed E-state index contributed by atoms with van der Waals surface area (Å²) in [4.78, 5) is 24.1. The molecule has 5 nitrogen and oxygen atoms in total. The van der Waals surface area contributed by atoms with E-state index in [1.54, 1.807) is 56.3 Å². The van der Waals surface area contributed by atoms with Crippen LogP contribution in [-0.2, 0) is 9.53 Å². The third-order valence-electron chi connectivity index (χ3n) is 3.76. The van der Waals surface area contributed by atoms with E-state index in [0.717, 1.165) is 5.56 Å². The van der Waals surface area contributed by atoms with Gasteiger partial charge in [-0.15, -0.1) is 0 Å². The number of ether oxygens (including phenoxy) is 2. The van der Waals surface area contributed by atoms with Crippen LogP contribution in [0, 0.1) is 0 Å². The van der Waals surface area contributed by atoms with Gasteiger partial charge in [-0.2, -0.15) is 0 Å². The van der Waals surface area contributed by atoms with Crippen LogP contribution in [-0.4, -0.2) is 18.7 Å². The fourth-order valence-corrected chi connectivity index (χ4v) is 2.60. The Morgan fingerprint density at radius 1 is 1.15 bits per heavy atom. The molecule has 1 atom stereocenters. The van der Waals surface area contributed by atoms with E-state index in [9.17, 15) is 9.59 Å². The number of fused-ring (bicyclic) bond motifs is 1. The first-order chi connectivity index (χ1) is 12.5. The lowest BCUT2D eigenvalue weighted by atomic mass is 10.1. The molecule has 0 aliphatic heterocycles. The second kappa shape index (κ2) is 7.62. The van der Waals surface area contributed by atoms with Crippen molar-refractivity contribution in [1.29, 1.82) is 0 Å². The van der Waals surface area contributed by atoms with E-state index < -0.39 is 12.1 Å². The first-order valence-electron chi connectivity index (χ1n) is 8.15. The molecule has 6 heteroatoms. The number of hydrogen-bond acceptors (Lipinski definition) is 5. The van der Waals surface area contributed by atoms with Crippen molar-refractivity contribution in [3.05, 3.63) is 63.8 Å². The molecule has 0 aliphatic carbocycles. The Balaban J connectivity index is 1.92. The van der Waals surface area contributed by atoms with Crippen LogP contribution in [0.4, 0.5) is 0 Å². The highest BCUT2D eigenvalue weighted by Crippen LogP contribution is 2.26. The van der Waals surface area contributed by atoms with Gasteiger partial charge in [-0.3, -0.25) is 4.79 Å². The predicted octanol–water partition coefficient (Wildman–Crippen LogP) is 4.44. The maximum Gasteiger partial charge on any atom is 0.347 e. The number of esters is 1. The van der Waals surface area contributed by atoms with Crippen molar-refractivity contribution >= 4 is 28.5 Å². The van der Waals surface area contributed by atoms with Gasteiger partial charge in [-0.25, -0.2) is 4.79 Å². The zero-order valence-corrected chi connectivity index (χ0v) is 15.1. The summed E-state index contributed by atoms with van der Waals surface area (Å²) in [5, 5.41) is 0.977. The van der Waals surface area contributed by atoms with Crippen LogP contribution in [0.5, 0.6) is 5.75 Å². The zero-order chi connectivity index (χ0) is 18.7. The fraction of sp³-hybridized carbons (Fsp3) is 0.200. The van der Waals surface area contributed by atoms with Crippen LogP contribution in [0.3, 0.4) is 0 Å². The summed E-state index contributed by atoms with van der Waals surface area (Å²) < 4.78 is 16.3. The zero-order valence-electron chi connectivity index (χ0n) is 14.3. The fourth-order valence-electron chi connectivity index (χ4n) is 2.48. The van der Waals surface area contributed by atoms with E-state index >= 15 is 0 Å². The molecular weight excluding hydrogens is 356 g/mol. The molecule has 0 unspecified atom stereocenters. The molecule has 0 saturated carbocycles. The summed E-state index contributed by atoms with van der Waals surface area (Å²) >= 11 is 5.89. The second-order valence-corrected chi connectivity index (χ2v) is 6.09. The van der Waals surface area contributed by atoms with Gasteiger partial charge in [-0.1, -0.05) is 11.6 Å². The Morgan fingerprint density at radius 3 is 2.58 bits per heavy atom. The first-order valence-corrected chi connectivity index (χ1v) is 8.53. The topological polar surface area (TPSA) is 65.7 Å². The lowest BCUT2D eigenvalue weighted by Gasteiger charge is -2.13. The number of carbonyl (C=O) groups is 1. The minimum atomic E-state index is -0.771. The summed E-state index contributed by atoms with van der Waals surface area (Å²) in [5.74, 6) is 0.384. The molecule has 1 heterocycles. The molecule has 134 valence electrons. The third-order valence-corrected chi connectivity index (χ3v) is 4.01. The molecule has 0 radical (unpaired) electrons. The molecule has 3 aromatic rings. The summed E-state index contributed by atoms with van der Waals surface area (Å²) in [5.41, 5.74) is 0.980. The molecule has 26 heavy (non-hydrogen) atoms. The Morgan fingerprint density at radius 2 is 1.88 bits per heavy atom. The van der Waals surface area contributed by atoms with Crippen molar-refractivity contribution < 1.29 is 18.7 Å². The molecule has 0 saturated heterocycles. The van der Waals surface area contributed by atoms with Gasteiger partial charge < -0.3 is 13.9 Å². The highest BCUT2D eigenvalue weighted by molar-refractivity contribution is 6.30. The number of hydrogen-bond donors (Lipinski definition) is 0. The summed E-state index contributed by atoms with van der Waals surface area (Å²) in [6.45, 7) is 3.60. The van der Waals surface area contributed by atoms with Crippen molar-refractivity contribution in [1.82, 2.24) is 0 Å². The van der Waals surface area contributed by atoms with E-state index in [1.165, 1.54) is 6.07 Å². The van der Waals surface area contributed by atoms with Gasteiger partial charge in [0.15, 0.2) is 11.5 Å². The van der Waals surface area contributed by atoms with E-state index in [0.29, 0.717) is 27.5 Å². The van der Waals surface area contributed by atoms with Gasteiger partial charge in [0.1, 0.15) is 17.1 Å². The predicted molar refractivity (Wildman–Crippen MR) is 99.7 cm³/mol. The molecule has 0 bridgehead atoms. The van der Waals surface area contributed by atoms with E-state index in [1.807, 2.05) is 0 Å². The van der Waals surface area contributed by atoms with Crippen LogP contribution in [0.1, 0.15) is 13.8 Å². The third kappa shape index (κ3) is 3.89. The van der Waals surface area contributed by atoms with Gasteiger partial charge in [0.05, 0.1) is 12.0 Å². The number of carbonyl (C=O) groups excluding carboxylic acids is 1. The number of rotatable bonds is 5. The maximum atomic E-state index is 12.5. The number of halogens is 1. The van der Waals surface area contributed by atoms with Crippen molar-refractivity contribution in [2.45, 2.75) is 20.0 Å². The van der Waals surface area contributed by atoms with Crippen LogP contribution in [0.2, 0.25) is 5.02 Å². The normalized spacial score (nSPS) is 12.0. The smallest absolute Gasteiger partial charge is 0.347 e. The minimum Gasteiger partial charge on any atom is -0.479 e. The lowest BCUT2D eigenvalue weighted by Crippen LogP contribution is -2.26. The van der Waals surface area contributed by atoms with Gasteiger partial charge >= 0.3 is 5.97 Å². The maximum absolute atomic E-state index is 12.5. The second-order valence-electron chi connectivity index (χ2n) is 5.65. The molecule has 0 fully saturated rings. The first kappa shape index (κ1) is 18.0. The average molecular weight is 373 g/mol. The summed E-state index contributed by atoms with van der Waals surface area (Å²) in [7, 11) is 0. The molecule has 1 aromatic heterocycles. The van der Waals surface area contributed by atoms with Crippen molar-refractivity contribution in [2.24, 2.45) is 0 Å².